The highest BCUT2D eigenvalue weighted by Crippen LogP contribution is 2.11. The first-order valence-corrected chi connectivity index (χ1v) is 5.61. The van der Waals surface area contributed by atoms with E-state index >= 15 is 0 Å². The zero-order chi connectivity index (χ0) is 13.7. The molecule has 0 aliphatic carbocycles. The molecule has 19 heavy (non-hydrogen) atoms. The average molecular weight is 259 g/mol. The largest absolute Gasteiger partial charge is 0.508 e. The van der Waals surface area contributed by atoms with E-state index in [2.05, 4.69) is 20.0 Å². The summed E-state index contributed by atoms with van der Waals surface area (Å²) in [7, 11) is 1.29. The van der Waals surface area contributed by atoms with E-state index in [4.69, 9.17) is 0 Å². The number of nitrogens with zero attached hydrogens (tertiary/aromatic N) is 2. The number of aromatic hydroxyl groups is 1. The molecule has 1 aromatic heterocycles. The molecule has 2 aromatic rings. The fourth-order valence-electron chi connectivity index (χ4n) is 1.46. The van der Waals surface area contributed by atoms with Crippen LogP contribution in [0.5, 0.6) is 5.75 Å². The van der Waals surface area contributed by atoms with Crippen LogP contribution < -0.4 is 5.32 Å². The van der Waals surface area contributed by atoms with Crippen molar-refractivity contribution >= 4 is 11.8 Å². The average Bonchev–Trinajstić information content (AvgIpc) is 2.46. The number of rotatable bonds is 4. The van der Waals surface area contributed by atoms with E-state index < -0.39 is 5.97 Å². The van der Waals surface area contributed by atoms with E-state index in [0.717, 1.165) is 5.56 Å². The number of anilines is 1. The predicted molar refractivity (Wildman–Crippen MR) is 68.8 cm³/mol. The number of nitrogens with one attached hydrogen (secondary N) is 1. The number of esters is 1. The van der Waals surface area contributed by atoms with Crippen LogP contribution in [0.2, 0.25) is 0 Å². The molecule has 0 unspecified atom stereocenters. The van der Waals surface area contributed by atoms with E-state index in [1.807, 2.05) is 0 Å². The summed E-state index contributed by atoms with van der Waals surface area (Å²) in [5.74, 6) is 0.174. The summed E-state index contributed by atoms with van der Waals surface area (Å²) < 4.78 is 4.57. The summed E-state index contributed by atoms with van der Waals surface area (Å²) in [5.41, 5.74) is 1.13. The molecule has 0 radical (unpaired) electrons. The highest BCUT2D eigenvalue weighted by Gasteiger charge is 2.08. The first-order valence-electron chi connectivity index (χ1n) is 5.61. The van der Waals surface area contributed by atoms with E-state index in [0.29, 0.717) is 12.4 Å². The van der Waals surface area contributed by atoms with Gasteiger partial charge in [0.2, 0.25) is 0 Å². The topological polar surface area (TPSA) is 84.3 Å². The third-order valence-corrected chi connectivity index (χ3v) is 2.44. The van der Waals surface area contributed by atoms with Crippen LogP contribution in [0.4, 0.5) is 5.82 Å². The molecule has 0 amide bonds. The number of hydrogen-bond acceptors (Lipinski definition) is 6. The summed E-state index contributed by atoms with van der Waals surface area (Å²) in [6, 6.07) is 6.79. The Hall–Kier alpha value is -2.63. The van der Waals surface area contributed by atoms with Crippen LogP contribution in [0.25, 0.3) is 0 Å². The van der Waals surface area contributed by atoms with Crippen molar-refractivity contribution in [2.75, 3.05) is 12.4 Å². The number of phenolic OH excluding ortho intramolecular Hbond substituents is 1. The van der Waals surface area contributed by atoms with E-state index in [1.54, 1.807) is 24.3 Å². The molecular formula is C13H13N3O3. The Balaban J connectivity index is 2.03. The van der Waals surface area contributed by atoms with Gasteiger partial charge in [-0.25, -0.2) is 9.78 Å². The third kappa shape index (κ3) is 3.41. The molecule has 0 atom stereocenters. The number of phenols is 1. The first kappa shape index (κ1) is 12.8. The van der Waals surface area contributed by atoms with Crippen LogP contribution in [-0.2, 0) is 11.3 Å². The smallest absolute Gasteiger partial charge is 0.358 e. The maximum absolute atomic E-state index is 11.3. The molecule has 0 bridgehead atoms. The van der Waals surface area contributed by atoms with Crippen molar-refractivity contribution in [1.29, 1.82) is 0 Å². The van der Waals surface area contributed by atoms with Gasteiger partial charge in [-0.05, 0) is 17.7 Å². The number of aromatic nitrogens is 2. The second-order valence-electron chi connectivity index (χ2n) is 3.80. The molecule has 6 nitrogen and oxygen atoms in total. The Morgan fingerprint density at radius 3 is 2.74 bits per heavy atom. The van der Waals surface area contributed by atoms with Gasteiger partial charge >= 0.3 is 5.97 Å². The number of hydrogen-bond donors (Lipinski definition) is 2. The lowest BCUT2D eigenvalue weighted by Gasteiger charge is -2.06. The van der Waals surface area contributed by atoms with Gasteiger partial charge in [0, 0.05) is 6.54 Å². The Bertz CT molecular complexity index is 570. The van der Waals surface area contributed by atoms with Gasteiger partial charge in [0.15, 0.2) is 5.69 Å². The Labute approximate surface area is 110 Å². The Kier molecular flexibility index (Phi) is 3.92. The molecular weight excluding hydrogens is 246 g/mol. The van der Waals surface area contributed by atoms with Gasteiger partial charge in [-0.3, -0.25) is 4.98 Å². The fourth-order valence-corrected chi connectivity index (χ4v) is 1.46. The molecule has 1 aromatic carbocycles. The van der Waals surface area contributed by atoms with Gasteiger partial charge < -0.3 is 15.2 Å². The molecule has 0 aliphatic rings. The van der Waals surface area contributed by atoms with E-state index in [-0.39, 0.29) is 11.4 Å². The van der Waals surface area contributed by atoms with Gasteiger partial charge in [0.05, 0.1) is 19.5 Å². The highest BCUT2D eigenvalue weighted by molar-refractivity contribution is 5.87. The summed E-state index contributed by atoms with van der Waals surface area (Å²) >= 11 is 0. The van der Waals surface area contributed by atoms with Gasteiger partial charge in [-0.15, -0.1) is 0 Å². The lowest BCUT2D eigenvalue weighted by atomic mass is 10.2. The van der Waals surface area contributed by atoms with Gasteiger partial charge in [0.25, 0.3) is 0 Å². The fraction of sp³-hybridized carbons (Fsp3) is 0.154. The lowest BCUT2D eigenvalue weighted by molar-refractivity contribution is 0.0593. The third-order valence-electron chi connectivity index (χ3n) is 2.44. The van der Waals surface area contributed by atoms with Crippen LogP contribution in [-0.4, -0.2) is 28.2 Å². The number of methoxy groups -OCH3 is 1. The van der Waals surface area contributed by atoms with Crippen molar-refractivity contribution < 1.29 is 14.6 Å². The molecule has 1 heterocycles. The minimum absolute atomic E-state index is 0.151. The van der Waals surface area contributed by atoms with Crippen molar-refractivity contribution in [2.45, 2.75) is 6.54 Å². The number of ether oxygens (including phenoxy) is 1. The molecule has 2 N–H and O–H groups in total. The van der Waals surface area contributed by atoms with Crippen molar-refractivity contribution in [1.82, 2.24) is 9.97 Å². The Morgan fingerprint density at radius 1 is 1.32 bits per heavy atom. The Morgan fingerprint density at radius 2 is 2.05 bits per heavy atom. The standard InChI is InChI=1S/C13H13N3O3/c1-19-13(18)11-7-14-8-12(16-11)15-6-9-2-4-10(17)5-3-9/h2-5,7-8,17H,6H2,1H3,(H,15,16). The molecule has 0 aliphatic heterocycles. The molecule has 0 spiro atoms. The summed E-state index contributed by atoms with van der Waals surface area (Å²) in [6.07, 6.45) is 2.87. The van der Waals surface area contributed by atoms with Crippen molar-refractivity contribution in [3.05, 3.63) is 47.9 Å². The molecule has 0 saturated heterocycles. The van der Waals surface area contributed by atoms with Crippen LogP contribution in [0.3, 0.4) is 0 Å². The summed E-state index contributed by atoms with van der Waals surface area (Å²) in [6.45, 7) is 0.513. The number of benzene rings is 1. The van der Waals surface area contributed by atoms with E-state index in [1.165, 1.54) is 19.5 Å². The van der Waals surface area contributed by atoms with Crippen molar-refractivity contribution in [2.24, 2.45) is 0 Å². The van der Waals surface area contributed by atoms with Crippen molar-refractivity contribution in [3.63, 3.8) is 0 Å². The quantitative estimate of drug-likeness (QED) is 0.811. The van der Waals surface area contributed by atoms with Gasteiger partial charge in [-0.1, -0.05) is 12.1 Å². The van der Waals surface area contributed by atoms with Crippen LogP contribution in [0, 0.1) is 0 Å². The second-order valence-corrected chi connectivity index (χ2v) is 3.80. The molecule has 0 fully saturated rings. The van der Waals surface area contributed by atoms with Crippen LogP contribution in [0.15, 0.2) is 36.7 Å². The maximum Gasteiger partial charge on any atom is 0.358 e. The zero-order valence-electron chi connectivity index (χ0n) is 10.3. The van der Waals surface area contributed by atoms with Crippen LogP contribution in [0.1, 0.15) is 16.1 Å². The van der Waals surface area contributed by atoms with Gasteiger partial charge in [0.1, 0.15) is 11.6 Å². The molecule has 6 heteroatoms. The second kappa shape index (κ2) is 5.81. The summed E-state index contributed by atoms with van der Waals surface area (Å²) in [5, 5.41) is 12.2. The number of carbonyl (C=O) groups is 1. The molecule has 0 saturated carbocycles. The zero-order valence-corrected chi connectivity index (χ0v) is 10.3. The normalized spacial score (nSPS) is 9.95. The minimum atomic E-state index is -0.527. The SMILES string of the molecule is COC(=O)c1cncc(NCc2ccc(O)cc2)n1. The highest BCUT2D eigenvalue weighted by atomic mass is 16.5. The molecule has 2 rings (SSSR count). The monoisotopic (exact) mass is 259 g/mol. The first-order chi connectivity index (χ1) is 9.19. The van der Waals surface area contributed by atoms with Crippen molar-refractivity contribution in [3.8, 4) is 5.75 Å². The maximum atomic E-state index is 11.3. The lowest BCUT2D eigenvalue weighted by Crippen LogP contribution is -2.08. The minimum Gasteiger partial charge on any atom is -0.508 e. The predicted octanol–water partition coefficient (Wildman–Crippen LogP) is 1.58. The number of carbonyl (C=O) groups excluding carboxylic acids is 1. The van der Waals surface area contributed by atoms with Gasteiger partial charge in [-0.2, -0.15) is 0 Å². The van der Waals surface area contributed by atoms with Crippen LogP contribution >= 0.6 is 0 Å². The summed E-state index contributed by atoms with van der Waals surface area (Å²) in [4.78, 5) is 19.3. The molecule has 98 valence electrons. The van der Waals surface area contributed by atoms with E-state index in [9.17, 15) is 9.90 Å².